The van der Waals surface area contributed by atoms with Crippen molar-refractivity contribution >= 4 is 52.4 Å². The van der Waals surface area contributed by atoms with E-state index in [4.69, 9.17) is 14.2 Å². The second-order valence-electron chi connectivity index (χ2n) is 20.8. The molecule has 2 fully saturated rings. The molecular weight excluding hydrogens is 949 g/mol. The molecule has 3 aromatic carbocycles. The second kappa shape index (κ2) is 23.1. The average molecular weight is 1020 g/mol. The number of methoxy groups -OCH3 is 1. The summed E-state index contributed by atoms with van der Waals surface area (Å²) in [6, 6.07) is 16.0. The van der Waals surface area contributed by atoms with E-state index >= 15 is 0 Å². The summed E-state index contributed by atoms with van der Waals surface area (Å²) in [5.41, 5.74) is 7.46. The Bertz CT molecular complexity index is 2820. The number of amides is 4. The van der Waals surface area contributed by atoms with Gasteiger partial charge in [-0.2, -0.15) is 0 Å². The van der Waals surface area contributed by atoms with Crippen LogP contribution in [0, 0.1) is 11.3 Å². The van der Waals surface area contributed by atoms with Gasteiger partial charge in [0.2, 0.25) is 11.8 Å². The maximum absolute atomic E-state index is 15.0. The molecule has 4 heterocycles. The molecule has 0 radical (unpaired) electrons. The number of likely N-dealkylation sites (N-methyl/N-ethyl adjacent to an activating group) is 1. The average Bonchev–Trinajstić information content (AvgIpc) is 3.92. The lowest BCUT2D eigenvalue weighted by Gasteiger charge is -2.37. The van der Waals surface area contributed by atoms with E-state index < -0.39 is 89.4 Å². The number of ether oxygens (including phenoxy) is 3. The van der Waals surface area contributed by atoms with Crippen molar-refractivity contribution in [3.63, 3.8) is 0 Å². The Hall–Kier alpha value is -6.89. The Labute approximate surface area is 431 Å². The summed E-state index contributed by atoms with van der Waals surface area (Å²) in [5.74, 6) is -5.48. The van der Waals surface area contributed by atoms with Crippen LogP contribution in [0.5, 0.6) is 5.75 Å². The van der Waals surface area contributed by atoms with Gasteiger partial charge in [-0.3, -0.25) is 38.6 Å². The fraction of sp³-hybridized carbons (Fsp3) is 0.482. The first kappa shape index (κ1) is 54.9. The number of hydrogen-bond acceptors (Lipinski definition) is 12. The Kier molecular flexibility index (Phi) is 17.1. The minimum atomic E-state index is -1.98. The Morgan fingerprint density at radius 3 is 2.49 bits per heavy atom. The minimum absolute atomic E-state index is 0.0547. The van der Waals surface area contributed by atoms with Crippen molar-refractivity contribution in [2.45, 2.75) is 116 Å². The second-order valence-corrected chi connectivity index (χ2v) is 20.8. The highest BCUT2D eigenvalue weighted by Gasteiger charge is 2.48. The van der Waals surface area contributed by atoms with Crippen LogP contribution in [0.2, 0.25) is 0 Å². The molecule has 1 unspecified atom stereocenters. The summed E-state index contributed by atoms with van der Waals surface area (Å²) in [5, 5.41) is 26.1. The van der Waals surface area contributed by atoms with Crippen molar-refractivity contribution < 1.29 is 58.0 Å². The van der Waals surface area contributed by atoms with E-state index in [0.717, 1.165) is 49.8 Å². The standard InChI is InChI=1S/C56H70N6O12/c1-9-46(63)60-24-22-56(71,32-60)54(70)59(7)49(34(3)4)51(67)57-44-28-35-26-38(29-39(27-35)74-48(66)20-19-47(64)65)37-17-18-45-41(30-37)42(50(61(45)10-2)40-15-12-11-14-36(40)21-25-72-8)31-55(5,6)33-73-53(69)43-16-13-23-62(58-43)52(44)68/h9,11-12,14-15,17-18,26-27,29-30,34,43-44,49,58,71H,1,10,13,16,19-25,28,31-33H2,2-8H3,(H,57,67)(H,64,65)/t43-,44-,49-,56?/m0/s1. The number of benzene rings is 3. The van der Waals surface area contributed by atoms with Crippen LogP contribution in [0.15, 0.2) is 73.3 Å². The number of rotatable bonds is 15. The van der Waals surface area contributed by atoms with Crippen LogP contribution in [0.3, 0.4) is 0 Å². The summed E-state index contributed by atoms with van der Waals surface area (Å²) in [4.78, 5) is 97.4. The number of carboxylic acids is 1. The number of carboxylic acid groups (broad SMARTS) is 1. The van der Waals surface area contributed by atoms with Crippen molar-refractivity contribution in [2.75, 3.05) is 47.0 Å². The first-order valence-corrected chi connectivity index (χ1v) is 25.4. The van der Waals surface area contributed by atoms with Gasteiger partial charge in [0.25, 0.3) is 11.8 Å². The van der Waals surface area contributed by atoms with Crippen LogP contribution in [0.1, 0.15) is 83.4 Å². The van der Waals surface area contributed by atoms with Crippen LogP contribution in [0.4, 0.5) is 0 Å². The molecule has 18 heteroatoms. The molecule has 4 amide bonds. The monoisotopic (exact) mass is 1020 g/mol. The normalized spacial score (nSPS) is 20.4. The van der Waals surface area contributed by atoms with Gasteiger partial charge in [0.05, 0.1) is 38.3 Å². The first-order chi connectivity index (χ1) is 35.2. The van der Waals surface area contributed by atoms with Gasteiger partial charge in [-0.1, -0.05) is 70.7 Å². The van der Waals surface area contributed by atoms with Gasteiger partial charge in [-0.05, 0) is 96.7 Å². The van der Waals surface area contributed by atoms with E-state index in [1.165, 1.54) is 17.0 Å². The third kappa shape index (κ3) is 12.2. The zero-order valence-electron chi connectivity index (χ0n) is 43.5. The number of esters is 2. The smallest absolute Gasteiger partial charge is 0.324 e. The van der Waals surface area contributed by atoms with Gasteiger partial charge in [-0.15, -0.1) is 0 Å². The number of hydrazine groups is 1. The van der Waals surface area contributed by atoms with Gasteiger partial charge in [-0.25, -0.2) is 5.43 Å². The number of carbonyl (C=O) groups excluding carboxylic acids is 6. The van der Waals surface area contributed by atoms with Crippen molar-refractivity contribution in [1.29, 1.82) is 0 Å². The quantitative estimate of drug-likeness (QED) is 0.0681. The number of aromatic nitrogens is 1. The van der Waals surface area contributed by atoms with Gasteiger partial charge in [0.15, 0.2) is 5.60 Å². The molecular formula is C56H70N6O12. The molecule has 0 spiro atoms. The first-order valence-electron chi connectivity index (χ1n) is 25.4. The van der Waals surface area contributed by atoms with Gasteiger partial charge in [0.1, 0.15) is 23.9 Å². The SMILES string of the molecule is C=CC(=O)N1CCC(O)(C(=O)N(C)[C@H](C(=O)N[C@H]2Cc3cc(OC(=O)CCC(=O)O)cc(c3)-c3ccc4c(c3)c(c(-c3ccccc3CCOC)n4CC)CC(C)(C)COC(=O)[C@@H]3CCCN(N3)C2=O)C(C)C)C1. The molecule has 7 rings (SSSR count). The maximum atomic E-state index is 15.0. The maximum Gasteiger partial charge on any atom is 0.324 e. The van der Waals surface area contributed by atoms with Crippen LogP contribution in [-0.2, 0) is 68.8 Å². The molecule has 18 nitrogen and oxygen atoms in total. The summed E-state index contributed by atoms with van der Waals surface area (Å²) in [7, 11) is 3.07. The number of cyclic esters (lactones) is 1. The molecule has 4 N–H and O–H groups in total. The lowest BCUT2D eigenvalue weighted by Crippen LogP contribution is -2.63. The third-order valence-electron chi connectivity index (χ3n) is 14.2. The van der Waals surface area contributed by atoms with Crippen molar-refractivity contribution in [2.24, 2.45) is 11.3 Å². The summed E-state index contributed by atoms with van der Waals surface area (Å²) in [6.07, 6.45) is 1.98. The predicted octanol–water partition coefficient (Wildman–Crippen LogP) is 5.24. The molecule has 396 valence electrons. The summed E-state index contributed by atoms with van der Waals surface area (Å²) in [6.45, 7) is 14.3. The van der Waals surface area contributed by atoms with Gasteiger partial charge in [0, 0.05) is 68.5 Å². The number of nitrogens with zero attached hydrogens (tertiary/aromatic N) is 4. The predicted molar refractivity (Wildman–Crippen MR) is 276 cm³/mol. The molecule has 6 bridgehead atoms. The third-order valence-corrected chi connectivity index (χ3v) is 14.2. The van der Waals surface area contributed by atoms with Crippen LogP contribution < -0.4 is 15.5 Å². The highest BCUT2D eigenvalue weighted by atomic mass is 16.5. The van der Waals surface area contributed by atoms with Gasteiger partial charge < -0.3 is 44.1 Å². The number of nitrogens with one attached hydrogen (secondary N) is 2. The fourth-order valence-electron chi connectivity index (χ4n) is 10.6. The number of aliphatic hydroxyl groups is 1. The Balaban J connectivity index is 1.37. The zero-order valence-corrected chi connectivity index (χ0v) is 43.5. The largest absolute Gasteiger partial charge is 0.481 e. The lowest BCUT2D eigenvalue weighted by molar-refractivity contribution is -0.156. The molecule has 1 aromatic heterocycles. The molecule has 0 aliphatic carbocycles. The van der Waals surface area contributed by atoms with E-state index in [1.807, 2.05) is 44.2 Å². The van der Waals surface area contributed by atoms with Crippen LogP contribution in [0.25, 0.3) is 33.3 Å². The number of hydrogen-bond donors (Lipinski definition) is 4. The minimum Gasteiger partial charge on any atom is -0.481 e. The van der Waals surface area contributed by atoms with Crippen molar-refractivity contribution in [3.8, 4) is 28.1 Å². The van der Waals surface area contributed by atoms with E-state index in [9.17, 15) is 43.8 Å². The van der Waals surface area contributed by atoms with Crippen LogP contribution in [-0.4, -0.2) is 142 Å². The van der Waals surface area contributed by atoms with E-state index in [0.29, 0.717) is 50.0 Å². The fourth-order valence-corrected chi connectivity index (χ4v) is 10.6. The lowest BCUT2D eigenvalue weighted by atomic mass is 9.83. The number of carbonyl (C=O) groups is 7. The van der Waals surface area contributed by atoms with E-state index in [1.54, 1.807) is 33.1 Å². The molecule has 3 aliphatic heterocycles. The zero-order chi connectivity index (χ0) is 53.6. The number of aliphatic carboxylic acids is 1. The molecule has 74 heavy (non-hydrogen) atoms. The topological polar surface area (TPSA) is 226 Å². The number of aryl methyl sites for hydroxylation is 1. The molecule has 0 saturated carbocycles. The number of likely N-dealkylation sites (tertiary alicyclic amines) is 1. The van der Waals surface area contributed by atoms with Gasteiger partial charge >= 0.3 is 17.9 Å². The molecule has 4 aromatic rings. The molecule has 3 aliphatic rings. The highest BCUT2D eigenvalue weighted by Crippen LogP contribution is 2.42. The van der Waals surface area contributed by atoms with E-state index in [2.05, 4.69) is 47.0 Å². The summed E-state index contributed by atoms with van der Waals surface area (Å²) < 4.78 is 19.8. The summed E-state index contributed by atoms with van der Waals surface area (Å²) >= 11 is 0. The Morgan fingerprint density at radius 1 is 1.03 bits per heavy atom. The van der Waals surface area contributed by atoms with Crippen LogP contribution >= 0.6 is 0 Å². The van der Waals surface area contributed by atoms with E-state index in [-0.39, 0.29) is 44.8 Å². The number of β-amino-alcohol motifs (C(OH)–C–C–N with tert-alkyl or cyclic N) is 1. The van der Waals surface area contributed by atoms with Crippen molar-refractivity contribution in [3.05, 3.63) is 90.0 Å². The molecule has 4 atom stereocenters. The highest BCUT2D eigenvalue weighted by molar-refractivity contribution is 5.97. The van der Waals surface area contributed by atoms with Crippen molar-refractivity contribution in [1.82, 2.24) is 30.1 Å². The molecule has 2 saturated heterocycles. The Morgan fingerprint density at radius 2 is 1.78 bits per heavy atom. The number of fused-ring (bicyclic) bond motifs is 6.